The minimum atomic E-state index is -1.14. The van der Waals surface area contributed by atoms with Crippen molar-refractivity contribution < 1.29 is 18.7 Å². The van der Waals surface area contributed by atoms with Crippen LogP contribution >= 0.6 is 0 Å². The van der Waals surface area contributed by atoms with Crippen LogP contribution in [0.5, 0.6) is 0 Å². The highest BCUT2D eigenvalue weighted by molar-refractivity contribution is 5.79. The molecule has 3 nitrogen and oxygen atoms in total. The molecule has 0 aliphatic carbocycles. The van der Waals surface area contributed by atoms with Crippen LogP contribution < -0.4 is 0 Å². The Balaban J connectivity index is 2.50. The van der Waals surface area contributed by atoms with Gasteiger partial charge in [-0.05, 0) is 18.2 Å². The fraction of sp³-hybridized carbons (Fsp3) is 0.0833. The van der Waals surface area contributed by atoms with Crippen LogP contribution in [0.4, 0.5) is 4.39 Å². The SMILES string of the molecule is O=C(O)C(c1ccco1)c1ccccc1F. The number of hydrogen-bond acceptors (Lipinski definition) is 2. The van der Waals surface area contributed by atoms with Crippen LogP contribution in [-0.2, 0) is 4.79 Å². The number of hydrogen-bond donors (Lipinski definition) is 1. The summed E-state index contributed by atoms with van der Waals surface area (Å²) < 4.78 is 18.5. The molecule has 1 N–H and O–H groups in total. The quantitative estimate of drug-likeness (QED) is 0.864. The van der Waals surface area contributed by atoms with Crippen molar-refractivity contribution in [2.75, 3.05) is 0 Å². The number of halogens is 1. The van der Waals surface area contributed by atoms with Gasteiger partial charge in [-0.25, -0.2) is 4.39 Å². The lowest BCUT2D eigenvalue weighted by atomic mass is 9.96. The number of aliphatic carboxylic acids is 1. The summed E-state index contributed by atoms with van der Waals surface area (Å²) in [6.07, 6.45) is 1.37. The smallest absolute Gasteiger partial charge is 0.318 e. The summed E-state index contributed by atoms with van der Waals surface area (Å²) in [5.41, 5.74) is 0.102. The molecular formula is C12H9FO3. The maximum atomic E-state index is 13.5. The Morgan fingerprint density at radius 2 is 2.00 bits per heavy atom. The molecule has 1 aromatic carbocycles. The number of benzene rings is 1. The van der Waals surface area contributed by atoms with E-state index >= 15 is 0 Å². The largest absolute Gasteiger partial charge is 0.480 e. The van der Waals surface area contributed by atoms with Gasteiger partial charge in [0.1, 0.15) is 17.5 Å². The summed E-state index contributed by atoms with van der Waals surface area (Å²) in [6, 6.07) is 8.87. The van der Waals surface area contributed by atoms with Crippen molar-refractivity contribution in [3.8, 4) is 0 Å². The molecule has 0 aliphatic heterocycles. The maximum Gasteiger partial charge on any atom is 0.318 e. The molecule has 0 spiro atoms. The molecule has 0 radical (unpaired) electrons. The van der Waals surface area contributed by atoms with Crippen LogP contribution in [0.3, 0.4) is 0 Å². The number of furan rings is 1. The van der Waals surface area contributed by atoms with E-state index in [0.29, 0.717) is 0 Å². The average molecular weight is 220 g/mol. The molecule has 82 valence electrons. The molecule has 0 aliphatic rings. The van der Waals surface area contributed by atoms with Gasteiger partial charge in [-0.3, -0.25) is 4.79 Å². The van der Waals surface area contributed by atoms with Gasteiger partial charge >= 0.3 is 5.97 Å². The number of carboxylic acids is 1. The molecule has 1 unspecified atom stereocenters. The molecule has 2 aromatic rings. The molecule has 1 heterocycles. The molecule has 1 atom stereocenters. The van der Waals surface area contributed by atoms with Crippen LogP contribution in [-0.4, -0.2) is 11.1 Å². The molecule has 16 heavy (non-hydrogen) atoms. The van der Waals surface area contributed by atoms with Crippen molar-refractivity contribution in [1.82, 2.24) is 0 Å². The molecule has 2 rings (SSSR count). The zero-order valence-electron chi connectivity index (χ0n) is 8.26. The van der Waals surface area contributed by atoms with E-state index in [1.54, 1.807) is 12.1 Å². The zero-order valence-corrected chi connectivity index (χ0v) is 8.26. The Morgan fingerprint density at radius 1 is 1.25 bits per heavy atom. The fourth-order valence-corrected chi connectivity index (χ4v) is 1.57. The first-order valence-electron chi connectivity index (χ1n) is 4.71. The summed E-state index contributed by atoms with van der Waals surface area (Å²) in [4.78, 5) is 11.1. The Kier molecular flexibility index (Phi) is 2.72. The lowest BCUT2D eigenvalue weighted by molar-refractivity contribution is -0.138. The standard InChI is InChI=1S/C12H9FO3/c13-9-5-2-1-4-8(9)11(12(14)15)10-6-3-7-16-10/h1-7,11H,(H,14,15). The van der Waals surface area contributed by atoms with Crippen molar-refractivity contribution in [2.45, 2.75) is 5.92 Å². The predicted octanol–water partition coefficient (Wildman–Crippen LogP) is 2.64. The third kappa shape index (κ3) is 1.82. The number of rotatable bonds is 3. The molecule has 0 bridgehead atoms. The molecule has 0 amide bonds. The van der Waals surface area contributed by atoms with Gasteiger partial charge in [-0.1, -0.05) is 18.2 Å². The van der Waals surface area contributed by atoms with Crippen LogP contribution in [0.2, 0.25) is 0 Å². The first-order valence-corrected chi connectivity index (χ1v) is 4.71. The number of carboxylic acid groups (broad SMARTS) is 1. The van der Waals surface area contributed by atoms with E-state index in [4.69, 9.17) is 9.52 Å². The van der Waals surface area contributed by atoms with Crippen molar-refractivity contribution in [3.63, 3.8) is 0 Å². The Bertz CT molecular complexity index is 491. The Hall–Kier alpha value is -2.10. The first kappa shape index (κ1) is 10.4. The van der Waals surface area contributed by atoms with Gasteiger partial charge in [-0.15, -0.1) is 0 Å². The molecule has 1 aromatic heterocycles. The van der Waals surface area contributed by atoms with E-state index in [0.717, 1.165) is 0 Å². The highest BCUT2D eigenvalue weighted by atomic mass is 19.1. The topological polar surface area (TPSA) is 50.4 Å². The average Bonchev–Trinajstić information content (AvgIpc) is 2.74. The minimum Gasteiger partial charge on any atom is -0.480 e. The van der Waals surface area contributed by atoms with Gasteiger partial charge in [0.05, 0.1) is 6.26 Å². The summed E-state index contributed by atoms with van der Waals surface area (Å²) in [5.74, 6) is -2.57. The molecule has 0 fully saturated rings. The maximum absolute atomic E-state index is 13.5. The van der Waals surface area contributed by atoms with Crippen molar-refractivity contribution in [3.05, 3.63) is 59.8 Å². The second kappa shape index (κ2) is 4.18. The van der Waals surface area contributed by atoms with E-state index in [-0.39, 0.29) is 11.3 Å². The van der Waals surface area contributed by atoms with Crippen molar-refractivity contribution in [2.24, 2.45) is 0 Å². The lowest BCUT2D eigenvalue weighted by Gasteiger charge is -2.10. The third-order valence-electron chi connectivity index (χ3n) is 2.29. The first-order chi connectivity index (χ1) is 7.70. The van der Waals surface area contributed by atoms with E-state index < -0.39 is 17.7 Å². The van der Waals surface area contributed by atoms with Gasteiger partial charge in [0.2, 0.25) is 0 Å². The van der Waals surface area contributed by atoms with Crippen LogP contribution in [0, 0.1) is 5.82 Å². The summed E-state index contributed by atoms with van der Waals surface area (Å²) in [6.45, 7) is 0. The molecule has 0 saturated heterocycles. The summed E-state index contributed by atoms with van der Waals surface area (Å²) in [5, 5.41) is 9.10. The van der Waals surface area contributed by atoms with E-state index in [1.807, 2.05) is 0 Å². The monoisotopic (exact) mass is 220 g/mol. The number of carbonyl (C=O) groups is 1. The van der Waals surface area contributed by atoms with Gasteiger partial charge in [0.25, 0.3) is 0 Å². The second-order valence-electron chi connectivity index (χ2n) is 3.31. The Morgan fingerprint density at radius 3 is 2.56 bits per heavy atom. The van der Waals surface area contributed by atoms with Gasteiger partial charge in [0, 0.05) is 5.56 Å². The highest BCUT2D eigenvalue weighted by Crippen LogP contribution is 2.27. The van der Waals surface area contributed by atoms with Gasteiger partial charge in [-0.2, -0.15) is 0 Å². The normalized spacial score (nSPS) is 12.3. The fourth-order valence-electron chi connectivity index (χ4n) is 1.57. The minimum absolute atomic E-state index is 0.102. The van der Waals surface area contributed by atoms with E-state index in [2.05, 4.69) is 0 Å². The van der Waals surface area contributed by atoms with E-state index in [9.17, 15) is 9.18 Å². The summed E-state index contributed by atoms with van der Waals surface area (Å²) in [7, 11) is 0. The Labute approximate surface area is 91.1 Å². The van der Waals surface area contributed by atoms with E-state index in [1.165, 1.54) is 30.5 Å². The van der Waals surface area contributed by atoms with Crippen LogP contribution in [0.25, 0.3) is 0 Å². The summed E-state index contributed by atoms with van der Waals surface area (Å²) >= 11 is 0. The second-order valence-corrected chi connectivity index (χ2v) is 3.31. The predicted molar refractivity (Wildman–Crippen MR) is 54.6 cm³/mol. The van der Waals surface area contributed by atoms with Crippen LogP contribution in [0.1, 0.15) is 17.2 Å². The highest BCUT2D eigenvalue weighted by Gasteiger charge is 2.27. The molecule has 0 saturated carbocycles. The van der Waals surface area contributed by atoms with Gasteiger partial charge < -0.3 is 9.52 Å². The van der Waals surface area contributed by atoms with Crippen molar-refractivity contribution >= 4 is 5.97 Å². The molecular weight excluding hydrogens is 211 g/mol. The zero-order chi connectivity index (χ0) is 11.5. The van der Waals surface area contributed by atoms with Crippen molar-refractivity contribution in [1.29, 1.82) is 0 Å². The third-order valence-corrected chi connectivity index (χ3v) is 2.29. The molecule has 4 heteroatoms. The lowest BCUT2D eigenvalue weighted by Crippen LogP contribution is -2.13. The van der Waals surface area contributed by atoms with Crippen LogP contribution in [0.15, 0.2) is 47.1 Å². The van der Waals surface area contributed by atoms with Gasteiger partial charge in [0.15, 0.2) is 0 Å².